The maximum absolute atomic E-state index is 13.6. The van der Waals surface area contributed by atoms with Crippen molar-refractivity contribution in [2.45, 2.75) is 6.18 Å². The van der Waals surface area contributed by atoms with Crippen LogP contribution in [0.25, 0.3) is 0 Å². The Morgan fingerprint density at radius 1 is 1.22 bits per heavy atom. The Labute approximate surface area is 156 Å². The predicted molar refractivity (Wildman–Crippen MR) is 91.2 cm³/mol. The summed E-state index contributed by atoms with van der Waals surface area (Å²) in [6.07, 6.45) is -4.53. The van der Waals surface area contributed by atoms with Gasteiger partial charge < -0.3 is 15.4 Å². The fourth-order valence-electron chi connectivity index (χ4n) is 1.98. The lowest BCUT2D eigenvalue weighted by molar-refractivity contribution is -0.153. The summed E-state index contributed by atoms with van der Waals surface area (Å²) in [4.78, 5) is 11.9. The van der Waals surface area contributed by atoms with Crippen molar-refractivity contribution in [3.05, 3.63) is 52.8 Å². The monoisotopic (exact) mass is 401 g/mol. The summed E-state index contributed by atoms with van der Waals surface area (Å²) in [5, 5.41) is 14.3. The molecule has 142 valence electrons. The third kappa shape index (κ3) is 6.34. The molecular formula is C17H12ClF4N3O2. The van der Waals surface area contributed by atoms with Crippen LogP contribution >= 0.6 is 11.6 Å². The molecule has 0 aliphatic rings. The first-order chi connectivity index (χ1) is 12.7. The lowest BCUT2D eigenvalue weighted by Crippen LogP contribution is -2.22. The lowest BCUT2D eigenvalue weighted by Gasteiger charge is -2.12. The van der Waals surface area contributed by atoms with E-state index in [4.69, 9.17) is 16.9 Å². The number of ether oxygens (including phenoxy) is 1. The number of carbonyl (C=O) groups is 1. The van der Waals surface area contributed by atoms with Gasteiger partial charge in [0.25, 0.3) is 0 Å². The minimum atomic E-state index is -4.53. The fraction of sp³-hybridized carbons (Fsp3) is 0.176. The van der Waals surface area contributed by atoms with E-state index >= 15 is 0 Å². The molecule has 0 atom stereocenters. The van der Waals surface area contributed by atoms with E-state index in [9.17, 15) is 22.4 Å². The van der Waals surface area contributed by atoms with E-state index in [-0.39, 0.29) is 28.6 Å². The number of hydrogen-bond donors (Lipinski definition) is 2. The van der Waals surface area contributed by atoms with Crippen molar-refractivity contribution >= 4 is 28.9 Å². The van der Waals surface area contributed by atoms with E-state index in [1.54, 1.807) is 6.07 Å². The molecule has 0 saturated carbocycles. The zero-order chi connectivity index (χ0) is 20.0. The summed E-state index contributed by atoms with van der Waals surface area (Å²) >= 11 is 5.73. The highest BCUT2D eigenvalue weighted by molar-refractivity contribution is 6.30. The van der Waals surface area contributed by atoms with Crippen molar-refractivity contribution in [3.8, 4) is 11.8 Å². The zero-order valence-corrected chi connectivity index (χ0v) is 14.3. The Hall–Kier alpha value is -2.99. The third-order valence-electron chi connectivity index (χ3n) is 3.15. The number of halogens is 5. The Morgan fingerprint density at radius 2 is 1.96 bits per heavy atom. The molecule has 0 unspecified atom stereocenters. The van der Waals surface area contributed by atoms with Gasteiger partial charge in [-0.15, -0.1) is 0 Å². The molecule has 2 aromatic rings. The molecule has 2 N–H and O–H groups in total. The molecule has 2 aromatic carbocycles. The lowest BCUT2D eigenvalue weighted by atomic mass is 10.2. The molecule has 0 aliphatic carbocycles. The first kappa shape index (κ1) is 20.3. The molecular weight excluding hydrogens is 390 g/mol. The fourth-order valence-corrected chi connectivity index (χ4v) is 2.15. The molecule has 0 radical (unpaired) electrons. The number of nitrogens with one attached hydrogen (secondary N) is 2. The van der Waals surface area contributed by atoms with Crippen LogP contribution in [0, 0.1) is 17.1 Å². The van der Waals surface area contributed by atoms with Gasteiger partial charge >= 0.3 is 6.18 Å². The summed E-state index contributed by atoms with van der Waals surface area (Å²) in [6.45, 7) is -1.80. The Kier molecular flexibility index (Phi) is 6.47. The van der Waals surface area contributed by atoms with Gasteiger partial charge in [0.15, 0.2) is 6.61 Å². The molecule has 0 spiro atoms. The van der Waals surface area contributed by atoms with Crippen LogP contribution in [-0.4, -0.2) is 25.2 Å². The normalized spacial score (nSPS) is 10.8. The van der Waals surface area contributed by atoms with Gasteiger partial charge in [-0.1, -0.05) is 11.6 Å². The summed E-state index contributed by atoms with van der Waals surface area (Å²) in [7, 11) is 0. The van der Waals surface area contributed by atoms with Gasteiger partial charge in [0.1, 0.15) is 17.6 Å². The third-order valence-corrected chi connectivity index (χ3v) is 3.38. The van der Waals surface area contributed by atoms with Gasteiger partial charge in [0.2, 0.25) is 5.91 Å². The molecule has 0 fully saturated rings. The molecule has 5 nitrogen and oxygen atoms in total. The Bertz CT molecular complexity index is 881. The van der Waals surface area contributed by atoms with Crippen molar-refractivity contribution in [1.29, 1.82) is 5.26 Å². The number of alkyl halides is 3. The smallest absolute Gasteiger partial charge is 0.422 e. The van der Waals surface area contributed by atoms with E-state index < -0.39 is 24.5 Å². The highest BCUT2D eigenvalue weighted by Crippen LogP contribution is 2.25. The second kappa shape index (κ2) is 8.60. The minimum absolute atomic E-state index is 0.0945. The molecule has 0 saturated heterocycles. The molecule has 0 aliphatic heterocycles. The molecule has 10 heteroatoms. The number of carbonyl (C=O) groups excluding carboxylic acids is 1. The van der Waals surface area contributed by atoms with Crippen LogP contribution in [0.3, 0.4) is 0 Å². The van der Waals surface area contributed by atoms with E-state index in [0.717, 1.165) is 6.07 Å². The first-order valence-electron chi connectivity index (χ1n) is 7.40. The van der Waals surface area contributed by atoms with E-state index in [1.807, 2.05) is 0 Å². The van der Waals surface area contributed by atoms with Crippen LogP contribution in [0.5, 0.6) is 5.75 Å². The summed E-state index contributed by atoms with van der Waals surface area (Å²) in [5.41, 5.74) is 0.0704. The number of hydrogen-bond acceptors (Lipinski definition) is 4. The van der Waals surface area contributed by atoms with Crippen molar-refractivity contribution in [2.24, 2.45) is 0 Å². The van der Waals surface area contributed by atoms with Gasteiger partial charge in [-0.25, -0.2) is 4.39 Å². The van der Waals surface area contributed by atoms with Gasteiger partial charge in [-0.3, -0.25) is 4.79 Å². The van der Waals surface area contributed by atoms with Crippen LogP contribution in [0.2, 0.25) is 5.02 Å². The maximum atomic E-state index is 13.6. The minimum Gasteiger partial charge on any atom is -0.483 e. The maximum Gasteiger partial charge on any atom is 0.422 e. The Morgan fingerprint density at radius 3 is 2.63 bits per heavy atom. The van der Waals surface area contributed by atoms with Gasteiger partial charge in [0.05, 0.1) is 17.8 Å². The van der Waals surface area contributed by atoms with E-state index in [0.29, 0.717) is 5.69 Å². The second-order valence-electron chi connectivity index (χ2n) is 5.25. The second-order valence-corrected chi connectivity index (χ2v) is 5.69. The highest BCUT2D eigenvalue weighted by Gasteiger charge is 2.28. The number of anilines is 2. The predicted octanol–water partition coefficient (Wildman–Crippen LogP) is 4.34. The summed E-state index contributed by atoms with van der Waals surface area (Å²) in [5.74, 6) is -1.48. The molecule has 0 heterocycles. The molecule has 0 aromatic heterocycles. The van der Waals surface area contributed by atoms with Crippen LogP contribution in [0.4, 0.5) is 28.9 Å². The largest absolute Gasteiger partial charge is 0.483 e. The quantitative estimate of drug-likeness (QED) is 0.706. The van der Waals surface area contributed by atoms with Gasteiger partial charge in [-0.05, 0) is 36.4 Å². The molecule has 0 bridgehead atoms. The average Bonchev–Trinajstić information content (AvgIpc) is 2.61. The zero-order valence-electron chi connectivity index (χ0n) is 13.5. The van der Waals surface area contributed by atoms with Crippen LogP contribution in [-0.2, 0) is 4.79 Å². The van der Waals surface area contributed by atoms with E-state index in [1.165, 1.54) is 30.3 Å². The standard InChI is InChI=1S/C17H12ClF4N3O2/c18-11-1-3-13(19)14(6-11)25-16(26)8-24-12-2-4-15(10(5-12)7-23)27-9-17(20,21)22/h1-6,24H,8-9H2,(H,25,26). The number of amides is 1. The summed E-state index contributed by atoms with van der Waals surface area (Å²) < 4.78 is 54.7. The molecule has 27 heavy (non-hydrogen) atoms. The summed E-state index contributed by atoms with van der Waals surface area (Å²) in [6, 6.07) is 9.16. The van der Waals surface area contributed by atoms with Crippen molar-refractivity contribution in [3.63, 3.8) is 0 Å². The topological polar surface area (TPSA) is 74.2 Å². The first-order valence-corrected chi connectivity index (χ1v) is 7.78. The van der Waals surface area contributed by atoms with Crippen LogP contribution in [0.1, 0.15) is 5.56 Å². The van der Waals surface area contributed by atoms with E-state index in [2.05, 4.69) is 15.4 Å². The number of nitrogens with zero attached hydrogens (tertiary/aromatic N) is 1. The number of nitriles is 1. The van der Waals surface area contributed by atoms with Crippen LogP contribution < -0.4 is 15.4 Å². The SMILES string of the molecule is N#Cc1cc(NCC(=O)Nc2cc(Cl)ccc2F)ccc1OCC(F)(F)F. The van der Waals surface area contributed by atoms with Gasteiger partial charge in [-0.2, -0.15) is 18.4 Å². The number of rotatable bonds is 6. The van der Waals surface area contributed by atoms with Crippen molar-refractivity contribution in [2.75, 3.05) is 23.8 Å². The van der Waals surface area contributed by atoms with Crippen molar-refractivity contribution in [1.82, 2.24) is 0 Å². The average molecular weight is 402 g/mol. The number of benzene rings is 2. The highest BCUT2D eigenvalue weighted by atomic mass is 35.5. The molecule has 2 rings (SSSR count). The molecule has 1 amide bonds. The van der Waals surface area contributed by atoms with Crippen molar-refractivity contribution < 1.29 is 27.1 Å². The Balaban J connectivity index is 1.98. The van der Waals surface area contributed by atoms with Crippen LogP contribution in [0.15, 0.2) is 36.4 Å². The van der Waals surface area contributed by atoms with Gasteiger partial charge in [0, 0.05) is 10.7 Å².